The summed E-state index contributed by atoms with van der Waals surface area (Å²) in [7, 11) is 0. The highest BCUT2D eigenvalue weighted by atomic mass is 32.2. The number of rotatable bonds is 8. The van der Waals surface area contributed by atoms with Gasteiger partial charge in [-0.15, -0.1) is 11.8 Å². The maximum Gasteiger partial charge on any atom is 0.414 e. The van der Waals surface area contributed by atoms with Gasteiger partial charge < -0.3 is 10.1 Å². The van der Waals surface area contributed by atoms with Crippen molar-refractivity contribution in [3.63, 3.8) is 0 Å². The zero-order chi connectivity index (χ0) is 26.5. The molecule has 0 radical (unpaired) electrons. The van der Waals surface area contributed by atoms with Gasteiger partial charge in [-0.3, -0.25) is 9.69 Å². The number of hydrogen-bond donors (Lipinski definition) is 1. The second-order valence-corrected chi connectivity index (χ2v) is 10.3. The van der Waals surface area contributed by atoms with Gasteiger partial charge in [0, 0.05) is 11.8 Å². The molecule has 1 heterocycles. The molecule has 1 atom stereocenters. The summed E-state index contributed by atoms with van der Waals surface area (Å²) in [5.74, 6) is -0.636. The Bertz CT molecular complexity index is 1320. The van der Waals surface area contributed by atoms with E-state index in [2.05, 4.69) is 41.7 Å². The predicted molar refractivity (Wildman–Crippen MR) is 148 cm³/mol. The second kappa shape index (κ2) is 11.1. The molecular weight excluding hydrogens is 499 g/mol. The van der Waals surface area contributed by atoms with E-state index in [1.165, 1.54) is 29.7 Å². The number of carbonyl (C=O) groups is 2. The number of halogens is 1. The first-order valence-corrected chi connectivity index (χ1v) is 13.2. The predicted octanol–water partition coefficient (Wildman–Crippen LogP) is 6.37. The first kappa shape index (κ1) is 25.5. The Morgan fingerprint density at radius 2 is 1.45 bits per heavy atom. The summed E-state index contributed by atoms with van der Waals surface area (Å²) in [6, 6.07) is 35.1. The van der Waals surface area contributed by atoms with Gasteiger partial charge >= 0.3 is 6.09 Å². The Balaban J connectivity index is 1.53. The zero-order valence-electron chi connectivity index (χ0n) is 20.8. The monoisotopic (exact) mass is 526 g/mol. The highest BCUT2D eigenvalue weighted by molar-refractivity contribution is 8.00. The Morgan fingerprint density at radius 3 is 1.92 bits per heavy atom. The standard InChI is InChI=1S/C31H27FN2O3S/c1-22(35)33-20-27-21-34(30(36)37-27)26-17-18-29(28(32)19-26)38-31(23-11-5-2-6-12-23,24-13-7-3-8-14-24)25-15-9-4-10-16-25/h2-19,27H,20-21H2,1H3,(H,33,35)/t27-/m0/s1. The van der Waals surface area contributed by atoms with Gasteiger partial charge in [0.25, 0.3) is 0 Å². The fourth-order valence-electron chi connectivity index (χ4n) is 4.70. The van der Waals surface area contributed by atoms with Crippen LogP contribution in [-0.2, 0) is 14.3 Å². The van der Waals surface area contributed by atoms with Gasteiger partial charge in [-0.05, 0) is 34.9 Å². The molecule has 2 amide bonds. The highest BCUT2D eigenvalue weighted by Crippen LogP contribution is 2.52. The lowest BCUT2D eigenvalue weighted by atomic mass is 9.84. The van der Waals surface area contributed by atoms with E-state index in [-0.39, 0.29) is 19.0 Å². The summed E-state index contributed by atoms with van der Waals surface area (Å²) in [4.78, 5) is 25.5. The number of cyclic esters (lactones) is 1. The van der Waals surface area contributed by atoms with Crippen LogP contribution in [0.3, 0.4) is 0 Å². The summed E-state index contributed by atoms with van der Waals surface area (Å²) in [6.07, 6.45) is -1.06. The van der Waals surface area contributed by atoms with E-state index in [0.29, 0.717) is 10.6 Å². The van der Waals surface area contributed by atoms with Gasteiger partial charge in [-0.2, -0.15) is 0 Å². The van der Waals surface area contributed by atoms with Gasteiger partial charge in [-0.25, -0.2) is 9.18 Å². The Labute approximate surface area is 225 Å². The molecule has 0 bridgehead atoms. The minimum atomic E-state index is -0.720. The van der Waals surface area contributed by atoms with Crippen molar-refractivity contribution in [1.82, 2.24) is 5.32 Å². The van der Waals surface area contributed by atoms with Crippen LogP contribution in [0, 0.1) is 5.82 Å². The highest BCUT2D eigenvalue weighted by Gasteiger charge is 2.39. The fourth-order valence-corrected chi connectivity index (χ4v) is 6.08. The molecule has 0 unspecified atom stereocenters. The number of amides is 2. The van der Waals surface area contributed by atoms with Gasteiger partial charge in [-0.1, -0.05) is 91.0 Å². The molecule has 0 saturated carbocycles. The Hall–Kier alpha value is -4.10. The number of ether oxygens (including phenoxy) is 1. The average molecular weight is 527 g/mol. The van der Waals surface area contributed by atoms with Crippen LogP contribution in [0.5, 0.6) is 0 Å². The summed E-state index contributed by atoms with van der Waals surface area (Å²) in [5, 5.41) is 2.65. The number of nitrogens with zero attached hydrogens (tertiary/aromatic N) is 1. The van der Waals surface area contributed by atoms with Crippen LogP contribution in [0.15, 0.2) is 114 Å². The van der Waals surface area contributed by atoms with E-state index in [1.54, 1.807) is 12.1 Å². The lowest BCUT2D eigenvalue weighted by molar-refractivity contribution is -0.119. The Kier molecular flexibility index (Phi) is 7.47. The molecule has 192 valence electrons. The molecule has 1 saturated heterocycles. The maximum atomic E-state index is 15.8. The van der Waals surface area contributed by atoms with E-state index in [0.717, 1.165) is 16.7 Å². The van der Waals surface area contributed by atoms with Crippen molar-refractivity contribution in [2.75, 3.05) is 18.0 Å². The third kappa shape index (κ3) is 5.15. The maximum absolute atomic E-state index is 15.8. The topological polar surface area (TPSA) is 58.6 Å². The molecule has 0 aliphatic carbocycles. The van der Waals surface area contributed by atoms with Crippen LogP contribution in [-0.4, -0.2) is 31.2 Å². The van der Waals surface area contributed by atoms with Gasteiger partial charge in [0.15, 0.2) is 0 Å². The number of anilines is 1. The molecule has 4 aromatic carbocycles. The van der Waals surface area contributed by atoms with Crippen molar-refractivity contribution in [2.45, 2.75) is 22.7 Å². The minimum absolute atomic E-state index is 0.203. The van der Waals surface area contributed by atoms with Crippen LogP contribution in [0.1, 0.15) is 23.6 Å². The van der Waals surface area contributed by atoms with E-state index in [1.807, 2.05) is 54.6 Å². The van der Waals surface area contributed by atoms with Gasteiger partial charge in [0.1, 0.15) is 11.9 Å². The van der Waals surface area contributed by atoms with Crippen molar-refractivity contribution >= 4 is 29.4 Å². The number of benzene rings is 4. The van der Waals surface area contributed by atoms with Crippen LogP contribution in [0.4, 0.5) is 14.9 Å². The minimum Gasteiger partial charge on any atom is -0.442 e. The lowest BCUT2D eigenvalue weighted by Crippen LogP contribution is -2.33. The molecule has 4 aromatic rings. The van der Waals surface area contributed by atoms with Crippen LogP contribution in [0.25, 0.3) is 0 Å². The average Bonchev–Trinajstić information content (AvgIpc) is 3.33. The third-order valence-electron chi connectivity index (χ3n) is 6.48. The molecule has 1 N–H and O–H groups in total. The number of carbonyl (C=O) groups excluding carboxylic acids is 2. The summed E-state index contributed by atoms with van der Waals surface area (Å²) in [5.41, 5.74) is 3.48. The quantitative estimate of drug-likeness (QED) is 0.214. The summed E-state index contributed by atoms with van der Waals surface area (Å²) in [6.45, 7) is 1.84. The van der Waals surface area contributed by atoms with Crippen LogP contribution < -0.4 is 10.2 Å². The summed E-state index contributed by atoms with van der Waals surface area (Å²) >= 11 is 1.43. The van der Waals surface area contributed by atoms with Crippen molar-refractivity contribution in [3.8, 4) is 0 Å². The van der Waals surface area contributed by atoms with Crippen molar-refractivity contribution < 1.29 is 18.7 Å². The van der Waals surface area contributed by atoms with E-state index in [9.17, 15) is 9.59 Å². The zero-order valence-corrected chi connectivity index (χ0v) is 21.7. The van der Waals surface area contributed by atoms with Crippen molar-refractivity contribution in [2.24, 2.45) is 0 Å². The second-order valence-electron chi connectivity index (χ2n) is 9.05. The first-order valence-electron chi connectivity index (χ1n) is 12.3. The van der Waals surface area contributed by atoms with Crippen molar-refractivity contribution in [1.29, 1.82) is 0 Å². The summed E-state index contributed by atoms with van der Waals surface area (Å²) < 4.78 is 20.4. The lowest BCUT2D eigenvalue weighted by Gasteiger charge is -2.35. The number of nitrogens with one attached hydrogen (secondary N) is 1. The third-order valence-corrected chi connectivity index (χ3v) is 8.05. The molecular formula is C31H27FN2O3S. The van der Waals surface area contributed by atoms with Crippen LogP contribution in [0.2, 0.25) is 0 Å². The molecule has 5 rings (SSSR count). The SMILES string of the molecule is CC(=O)NC[C@H]1CN(c2ccc(SC(c3ccccc3)(c3ccccc3)c3ccccc3)c(F)c2)C(=O)O1. The fraction of sp³-hybridized carbons (Fsp3) is 0.161. The first-order chi connectivity index (χ1) is 18.5. The van der Waals surface area contributed by atoms with Crippen molar-refractivity contribution in [3.05, 3.63) is 132 Å². The molecule has 1 aliphatic heterocycles. The van der Waals surface area contributed by atoms with Crippen LogP contribution >= 0.6 is 11.8 Å². The molecule has 0 aromatic heterocycles. The number of hydrogen-bond acceptors (Lipinski definition) is 4. The molecule has 38 heavy (non-hydrogen) atoms. The largest absolute Gasteiger partial charge is 0.442 e. The van der Waals surface area contributed by atoms with E-state index < -0.39 is 22.8 Å². The molecule has 0 spiro atoms. The molecule has 1 aliphatic rings. The normalized spacial score (nSPS) is 15.3. The smallest absolute Gasteiger partial charge is 0.414 e. The molecule has 7 heteroatoms. The van der Waals surface area contributed by atoms with E-state index >= 15 is 4.39 Å². The van der Waals surface area contributed by atoms with Gasteiger partial charge in [0.2, 0.25) is 5.91 Å². The molecule has 5 nitrogen and oxygen atoms in total. The Morgan fingerprint density at radius 1 is 0.921 bits per heavy atom. The number of thioether (sulfide) groups is 1. The molecule has 1 fully saturated rings. The van der Waals surface area contributed by atoms with E-state index in [4.69, 9.17) is 4.74 Å². The van der Waals surface area contributed by atoms with Gasteiger partial charge in [0.05, 0.1) is 23.5 Å².